The first kappa shape index (κ1) is 13.4. The van der Waals surface area contributed by atoms with E-state index >= 15 is 0 Å². The van der Waals surface area contributed by atoms with Crippen molar-refractivity contribution in [3.8, 4) is 0 Å². The van der Waals surface area contributed by atoms with Gasteiger partial charge in [0.15, 0.2) is 0 Å². The van der Waals surface area contributed by atoms with Crippen LogP contribution < -0.4 is 5.32 Å². The topological polar surface area (TPSA) is 32.3 Å². The minimum Gasteiger partial charge on any atom is -0.325 e. The lowest BCUT2D eigenvalue weighted by molar-refractivity contribution is -0.136. The molecule has 3 rings (SSSR count). The summed E-state index contributed by atoms with van der Waals surface area (Å²) >= 11 is 0. The van der Waals surface area contributed by atoms with Crippen LogP contribution in [0.5, 0.6) is 0 Å². The molecule has 19 heavy (non-hydrogen) atoms. The molecule has 108 valence electrons. The first-order valence-corrected chi connectivity index (χ1v) is 8.20. The largest absolute Gasteiger partial charge is 0.325 e. The van der Waals surface area contributed by atoms with Crippen molar-refractivity contribution in [1.29, 1.82) is 0 Å². The van der Waals surface area contributed by atoms with Crippen LogP contribution in [-0.4, -0.2) is 29.1 Å². The second kappa shape index (κ2) is 5.08. The predicted octanol–water partition coefficient (Wildman–Crippen LogP) is 2.90. The summed E-state index contributed by atoms with van der Waals surface area (Å²) in [5, 5.41) is 3.56. The fourth-order valence-electron chi connectivity index (χ4n) is 4.60. The summed E-state index contributed by atoms with van der Waals surface area (Å²) in [5.74, 6) is 1.82. The van der Waals surface area contributed by atoms with Crippen LogP contribution in [0, 0.1) is 11.8 Å². The molecule has 2 atom stereocenters. The second-order valence-corrected chi connectivity index (χ2v) is 7.16. The zero-order chi connectivity index (χ0) is 13.5. The highest BCUT2D eigenvalue weighted by atomic mass is 16.2. The van der Waals surface area contributed by atoms with Crippen molar-refractivity contribution in [2.45, 2.75) is 76.8 Å². The van der Waals surface area contributed by atoms with Crippen molar-refractivity contribution in [3.05, 3.63) is 0 Å². The van der Waals surface area contributed by atoms with E-state index in [1.165, 1.54) is 38.5 Å². The van der Waals surface area contributed by atoms with E-state index in [9.17, 15) is 4.79 Å². The Labute approximate surface area is 117 Å². The van der Waals surface area contributed by atoms with Crippen LogP contribution in [0.15, 0.2) is 0 Å². The maximum atomic E-state index is 12.9. The van der Waals surface area contributed by atoms with E-state index in [-0.39, 0.29) is 5.54 Å². The smallest absolute Gasteiger partial charge is 0.244 e. The molecule has 1 amide bonds. The highest BCUT2D eigenvalue weighted by Gasteiger charge is 2.50. The summed E-state index contributed by atoms with van der Waals surface area (Å²) in [6, 6.07) is 0.494. The molecule has 2 unspecified atom stereocenters. The van der Waals surface area contributed by atoms with Gasteiger partial charge < -0.3 is 4.90 Å². The maximum absolute atomic E-state index is 12.9. The number of rotatable bonds is 2. The van der Waals surface area contributed by atoms with Gasteiger partial charge >= 0.3 is 0 Å². The van der Waals surface area contributed by atoms with Gasteiger partial charge in [-0.05, 0) is 37.5 Å². The Balaban J connectivity index is 1.76. The zero-order valence-electron chi connectivity index (χ0n) is 12.5. The van der Waals surface area contributed by atoms with E-state index in [1.807, 2.05) is 0 Å². The Hall–Kier alpha value is -0.570. The van der Waals surface area contributed by atoms with E-state index in [0.717, 1.165) is 19.5 Å². The molecule has 3 nitrogen and oxygen atoms in total. The Morgan fingerprint density at radius 3 is 2.53 bits per heavy atom. The molecule has 3 fully saturated rings. The van der Waals surface area contributed by atoms with Gasteiger partial charge in [0.2, 0.25) is 5.91 Å². The minimum absolute atomic E-state index is 0.168. The van der Waals surface area contributed by atoms with Gasteiger partial charge in [-0.15, -0.1) is 0 Å². The van der Waals surface area contributed by atoms with E-state index in [0.29, 0.717) is 23.8 Å². The molecular formula is C16H28N2O. The number of hydrogen-bond donors (Lipinski definition) is 1. The van der Waals surface area contributed by atoms with Gasteiger partial charge in [-0.3, -0.25) is 10.1 Å². The molecule has 0 aromatic rings. The second-order valence-electron chi connectivity index (χ2n) is 7.16. The van der Waals surface area contributed by atoms with Crippen molar-refractivity contribution >= 4 is 5.91 Å². The van der Waals surface area contributed by atoms with Crippen molar-refractivity contribution in [1.82, 2.24) is 10.2 Å². The van der Waals surface area contributed by atoms with E-state index in [1.54, 1.807) is 0 Å². The summed E-state index contributed by atoms with van der Waals surface area (Å²) in [6.07, 6.45) is 9.70. The Morgan fingerprint density at radius 1 is 1.16 bits per heavy atom. The lowest BCUT2D eigenvalue weighted by Crippen LogP contribution is -2.49. The molecule has 1 heterocycles. The van der Waals surface area contributed by atoms with Gasteiger partial charge in [0.1, 0.15) is 0 Å². The number of carbonyl (C=O) groups excluding carboxylic acids is 1. The molecule has 0 aromatic carbocycles. The van der Waals surface area contributed by atoms with Gasteiger partial charge in [-0.1, -0.05) is 39.5 Å². The lowest BCUT2D eigenvalue weighted by atomic mass is 9.77. The highest BCUT2D eigenvalue weighted by molar-refractivity contribution is 5.89. The standard InChI is InChI=1S/C16H28N2O/c1-12(2)13-7-3-4-8-14(13)18-11-17-16(15(18)19)9-5-6-10-16/h12-14,17H,3-11H2,1-2H3. The van der Waals surface area contributed by atoms with E-state index in [2.05, 4.69) is 24.1 Å². The average molecular weight is 264 g/mol. The number of nitrogens with zero attached hydrogens (tertiary/aromatic N) is 1. The van der Waals surface area contributed by atoms with Gasteiger partial charge in [-0.25, -0.2) is 0 Å². The molecule has 0 radical (unpaired) electrons. The molecule has 0 aromatic heterocycles. The number of amides is 1. The SMILES string of the molecule is CC(C)C1CCCCC1N1CNC2(CCCC2)C1=O. The van der Waals surface area contributed by atoms with Crippen LogP contribution >= 0.6 is 0 Å². The number of carbonyl (C=O) groups is 1. The molecule has 1 N–H and O–H groups in total. The highest BCUT2D eigenvalue weighted by Crippen LogP contribution is 2.39. The van der Waals surface area contributed by atoms with Gasteiger partial charge in [0.25, 0.3) is 0 Å². The van der Waals surface area contributed by atoms with Crippen LogP contribution in [0.4, 0.5) is 0 Å². The van der Waals surface area contributed by atoms with Crippen LogP contribution in [0.1, 0.15) is 65.2 Å². The van der Waals surface area contributed by atoms with Crippen LogP contribution in [0.3, 0.4) is 0 Å². The summed E-state index contributed by atoms with van der Waals surface area (Å²) in [6.45, 7) is 5.44. The van der Waals surface area contributed by atoms with Crippen molar-refractivity contribution in [2.75, 3.05) is 6.67 Å². The number of nitrogens with one attached hydrogen (secondary N) is 1. The average Bonchev–Trinajstić information content (AvgIpc) is 3.00. The molecule has 3 aliphatic rings. The number of hydrogen-bond acceptors (Lipinski definition) is 2. The molecule has 1 spiro atoms. The minimum atomic E-state index is -0.168. The Kier molecular flexibility index (Phi) is 3.59. The van der Waals surface area contributed by atoms with Crippen molar-refractivity contribution < 1.29 is 4.79 Å². The van der Waals surface area contributed by atoms with Crippen molar-refractivity contribution in [2.24, 2.45) is 11.8 Å². The third-order valence-corrected chi connectivity index (χ3v) is 5.75. The van der Waals surface area contributed by atoms with Crippen LogP contribution in [0.2, 0.25) is 0 Å². The molecule has 1 aliphatic heterocycles. The van der Waals surface area contributed by atoms with Crippen molar-refractivity contribution in [3.63, 3.8) is 0 Å². The fourth-order valence-corrected chi connectivity index (χ4v) is 4.60. The lowest BCUT2D eigenvalue weighted by Gasteiger charge is -2.40. The first-order chi connectivity index (χ1) is 9.14. The van der Waals surface area contributed by atoms with Crippen LogP contribution in [-0.2, 0) is 4.79 Å². The maximum Gasteiger partial charge on any atom is 0.244 e. The zero-order valence-corrected chi connectivity index (χ0v) is 12.5. The van der Waals surface area contributed by atoms with Crippen LogP contribution in [0.25, 0.3) is 0 Å². The molecule has 1 saturated heterocycles. The molecule has 0 bridgehead atoms. The first-order valence-electron chi connectivity index (χ1n) is 8.20. The monoisotopic (exact) mass is 264 g/mol. The van der Waals surface area contributed by atoms with Gasteiger partial charge in [0, 0.05) is 6.04 Å². The Morgan fingerprint density at radius 2 is 1.84 bits per heavy atom. The van der Waals surface area contributed by atoms with Gasteiger partial charge in [-0.2, -0.15) is 0 Å². The predicted molar refractivity (Wildman–Crippen MR) is 76.6 cm³/mol. The third-order valence-electron chi connectivity index (χ3n) is 5.75. The Bertz CT molecular complexity index is 347. The molecule has 3 heteroatoms. The van der Waals surface area contributed by atoms with Gasteiger partial charge in [0.05, 0.1) is 12.2 Å². The van der Waals surface area contributed by atoms with E-state index < -0.39 is 0 Å². The normalized spacial score (nSPS) is 34.7. The quantitative estimate of drug-likeness (QED) is 0.831. The molecular weight excluding hydrogens is 236 g/mol. The van der Waals surface area contributed by atoms with E-state index in [4.69, 9.17) is 0 Å². The third kappa shape index (κ3) is 2.20. The summed E-state index contributed by atoms with van der Waals surface area (Å²) in [5.41, 5.74) is -0.168. The summed E-state index contributed by atoms with van der Waals surface area (Å²) in [7, 11) is 0. The molecule has 2 aliphatic carbocycles. The summed E-state index contributed by atoms with van der Waals surface area (Å²) in [4.78, 5) is 15.1. The molecule has 2 saturated carbocycles. The fraction of sp³-hybridized carbons (Fsp3) is 0.938. The summed E-state index contributed by atoms with van der Waals surface area (Å²) < 4.78 is 0.